The third kappa shape index (κ3) is 4.58. The van der Waals surface area contributed by atoms with Gasteiger partial charge in [0.25, 0.3) is 11.8 Å². The van der Waals surface area contributed by atoms with Crippen LogP contribution in [0.1, 0.15) is 50.0 Å². The molecule has 1 N–H and O–H groups in total. The fraction of sp³-hybridized carbons (Fsp3) is 0.333. The molecule has 1 fully saturated rings. The van der Waals surface area contributed by atoms with Crippen LogP contribution in [0, 0.1) is 20.8 Å². The summed E-state index contributed by atoms with van der Waals surface area (Å²) in [6, 6.07) is 14.1. The van der Waals surface area contributed by atoms with Gasteiger partial charge in [-0.3, -0.25) is 14.3 Å². The van der Waals surface area contributed by atoms with Crippen molar-refractivity contribution >= 4 is 34.1 Å². The molecule has 180 valence electrons. The van der Waals surface area contributed by atoms with Gasteiger partial charge in [-0.2, -0.15) is 5.10 Å². The summed E-state index contributed by atoms with van der Waals surface area (Å²) < 4.78 is 1.71. The number of benzene rings is 2. The van der Waals surface area contributed by atoms with Crippen molar-refractivity contribution < 1.29 is 9.59 Å². The number of hydrogen-bond donors (Lipinski definition) is 1. The van der Waals surface area contributed by atoms with Crippen molar-refractivity contribution in [3.8, 4) is 10.4 Å². The summed E-state index contributed by atoms with van der Waals surface area (Å²) in [6.45, 7) is 6.89. The average Bonchev–Trinajstić information content (AvgIpc) is 3.53. The molecule has 35 heavy (non-hydrogen) atoms. The molecule has 4 aromatic rings. The van der Waals surface area contributed by atoms with E-state index in [9.17, 15) is 9.59 Å². The molecular weight excluding hydrogens is 458 g/mol. The number of para-hydroxylation sites is 1. The van der Waals surface area contributed by atoms with Gasteiger partial charge in [-0.25, -0.2) is 4.98 Å². The number of carbonyl (C=O) groups excluding carboxylic acids is 2. The highest BCUT2D eigenvalue weighted by Crippen LogP contribution is 2.34. The van der Waals surface area contributed by atoms with Crippen molar-refractivity contribution in [2.75, 3.05) is 13.1 Å². The first kappa shape index (κ1) is 23.2. The van der Waals surface area contributed by atoms with Gasteiger partial charge in [-0.05, 0) is 56.4 Å². The Morgan fingerprint density at radius 1 is 1.09 bits per heavy atom. The largest absolute Gasteiger partial charge is 0.349 e. The summed E-state index contributed by atoms with van der Waals surface area (Å²) in [5, 5.41) is 9.04. The lowest BCUT2D eigenvalue weighted by atomic mass is 10.0. The molecule has 5 rings (SSSR count). The SMILES string of the molecule is Cc1nc(C(=O)N(CCNC(=O)c2nn(C)c3ccccc23)C2CC2)c(-c2ccc(C)c(C)c2)s1. The van der Waals surface area contributed by atoms with E-state index < -0.39 is 0 Å². The summed E-state index contributed by atoms with van der Waals surface area (Å²) in [4.78, 5) is 33.9. The van der Waals surface area contributed by atoms with E-state index in [2.05, 4.69) is 47.4 Å². The highest BCUT2D eigenvalue weighted by molar-refractivity contribution is 7.15. The van der Waals surface area contributed by atoms with Crippen LogP contribution >= 0.6 is 11.3 Å². The second kappa shape index (κ2) is 9.26. The number of nitrogens with one attached hydrogen (secondary N) is 1. The summed E-state index contributed by atoms with van der Waals surface area (Å²) in [6.07, 6.45) is 1.96. The summed E-state index contributed by atoms with van der Waals surface area (Å²) in [5.74, 6) is -0.298. The van der Waals surface area contributed by atoms with Crippen LogP contribution < -0.4 is 5.32 Å². The van der Waals surface area contributed by atoms with Crippen LogP contribution in [0.3, 0.4) is 0 Å². The van der Waals surface area contributed by atoms with Gasteiger partial charge in [0.05, 0.1) is 15.4 Å². The van der Waals surface area contributed by atoms with Crippen LogP contribution in [-0.2, 0) is 7.05 Å². The number of hydrogen-bond acceptors (Lipinski definition) is 5. The van der Waals surface area contributed by atoms with Gasteiger partial charge >= 0.3 is 0 Å². The summed E-state index contributed by atoms with van der Waals surface area (Å²) in [7, 11) is 1.83. The number of fused-ring (bicyclic) bond motifs is 1. The van der Waals surface area contributed by atoms with E-state index in [1.807, 2.05) is 43.1 Å². The predicted molar refractivity (Wildman–Crippen MR) is 139 cm³/mol. The topological polar surface area (TPSA) is 80.1 Å². The highest BCUT2D eigenvalue weighted by Gasteiger charge is 2.35. The number of thiazole rings is 1. The molecule has 0 spiro atoms. The Kier molecular flexibility index (Phi) is 6.15. The van der Waals surface area contributed by atoms with Crippen molar-refractivity contribution in [3.63, 3.8) is 0 Å². The molecule has 2 amide bonds. The van der Waals surface area contributed by atoms with Crippen LogP contribution in [0.4, 0.5) is 0 Å². The van der Waals surface area contributed by atoms with E-state index in [4.69, 9.17) is 0 Å². The molecule has 8 heteroatoms. The number of carbonyl (C=O) groups is 2. The van der Waals surface area contributed by atoms with Crippen molar-refractivity contribution in [1.82, 2.24) is 25.0 Å². The number of aryl methyl sites for hydroxylation is 4. The monoisotopic (exact) mass is 487 g/mol. The van der Waals surface area contributed by atoms with Gasteiger partial charge in [0.1, 0.15) is 5.69 Å². The number of amides is 2. The van der Waals surface area contributed by atoms with Crippen LogP contribution in [0.2, 0.25) is 0 Å². The smallest absolute Gasteiger partial charge is 0.274 e. The molecule has 1 aliphatic rings. The van der Waals surface area contributed by atoms with E-state index in [0.717, 1.165) is 39.2 Å². The number of nitrogens with zero attached hydrogens (tertiary/aromatic N) is 4. The fourth-order valence-electron chi connectivity index (χ4n) is 4.38. The maximum Gasteiger partial charge on any atom is 0.274 e. The molecular formula is C27H29N5O2S. The van der Waals surface area contributed by atoms with Gasteiger partial charge in [0, 0.05) is 31.6 Å². The molecule has 0 saturated heterocycles. The molecule has 2 aromatic heterocycles. The first-order chi connectivity index (χ1) is 16.8. The molecule has 0 atom stereocenters. The molecule has 7 nitrogen and oxygen atoms in total. The predicted octanol–water partition coefficient (Wildman–Crippen LogP) is 4.66. The maximum atomic E-state index is 13.7. The summed E-state index contributed by atoms with van der Waals surface area (Å²) >= 11 is 1.55. The molecule has 1 saturated carbocycles. The van der Waals surface area contributed by atoms with Gasteiger partial charge in [0.2, 0.25) is 0 Å². The second-order valence-corrected chi connectivity index (χ2v) is 10.4. The first-order valence-corrected chi connectivity index (χ1v) is 12.7. The van der Waals surface area contributed by atoms with Gasteiger partial charge in [-0.1, -0.05) is 36.4 Å². The minimum atomic E-state index is -0.231. The van der Waals surface area contributed by atoms with Crippen LogP contribution in [0.15, 0.2) is 42.5 Å². The zero-order valence-electron chi connectivity index (χ0n) is 20.5. The van der Waals surface area contributed by atoms with Crippen molar-refractivity contribution in [2.24, 2.45) is 7.05 Å². The lowest BCUT2D eigenvalue weighted by Gasteiger charge is -2.22. The van der Waals surface area contributed by atoms with E-state index >= 15 is 0 Å². The highest BCUT2D eigenvalue weighted by atomic mass is 32.1. The molecule has 0 unspecified atom stereocenters. The van der Waals surface area contributed by atoms with Crippen molar-refractivity contribution in [1.29, 1.82) is 0 Å². The van der Waals surface area contributed by atoms with E-state index in [1.165, 1.54) is 11.1 Å². The Balaban J connectivity index is 1.32. The Morgan fingerprint density at radius 3 is 2.60 bits per heavy atom. The minimum absolute atomic E-state index is 0.0670. The normalized spacial score (nSPS) is 13.3. The minimum Gasteiger partial charge on any atom is -0.349 e. The molecule has 0 radical (unpaired) electrons. The average molecular weight is 488 g/mol. The third-order valence-corrected chi connectivity index (χ3v) is 7.59. The fourth-order valence-corrected chi connectivity index (χ4v) is 5.28. The van der Waals surface area contributed by atoms with Crippen LogP contribution in [0.25, 0.3) is 21.3 Å². The Bertz CT molecular complexity index is 1430. The molecule has 2 aromatic carbocycles. The van der Waals surface area contributed by atoms with Crippen LogP contribution in [0.5, 0.6) is 0 Å². The second-order valence-electron chi connectivity index (χ2n) is 9.18. The maximum absolute atomic E-state index is 13.7. The molecule has 0 aliphatic heterocycles. The van der Waals surface area contributed by atoms with E-state index in [-0.39, 0.29) is 17.9 Å². The molecule has 0 bridgehead atoms. The van der Waals surface area contributed by atoms with Gasteiger partial charge < -0.3 is 10.2 Å². The first-order valence-electron chi connectivity index (χ1n) is 11.9. The van der Waals surface area contributed by atoms with E-state index in [1.54, 1.807) is 16.0 Å². The molecule has 2 heterocycles. The Morgan fingerprint density at radius 2 is 1.86 bits per heavy atom. The number of rotatable bonds is 7. The summed E-state index contributed by atoms with van der Waals surface area (Å²) in [5.41, 5.74) is 5.25. The zero-order chi connectivity index (χ0) is 24.7. The Labute approximate surface area is 208 Å². The lowest BCUT2D eigenvalue weighted by molar-refractivity contribution is 0.0732. The van der Waals surface area contributed by atoms with Gasteiger partial charge in [0.15, 0.2) is 5.69 Å². The zero-order valence-corrected chi connectivity index (χ0v) is 21.3. The van der Waals surface area contributed by atoms with Crippen LogP contribution in [-0.4, -0.2) is 50.6 Å². The van der Waals surface area contributed by atoms with Gasteiger partial charge in [-0.15, -0.1) is 11.3 Å². The quantitative estimate of drug-likeness (QED) is 0.411. The van der Waals surface area contributed by atoms with Crippen molar-refractivity contribution in [2.45, 2.75) is 39.7 Å². The Hall–Kier alpha value is -3.52. The standard InChI is InChI=1S/C27H29N5O2S/c1-16-9-10-19(15-17(16)2)25-24(29-18(3)35-25)27(34)32(20-11-12-20)14-13-28-26(33)23-21-7-5-6-8-22(21)31(4)30-23/h5-10,15,20H,11-14H2,1-4H3,(H,28,33). The lowest BCUT2D eigenvalue weighted by Crippen LogP contribution is -2.40. The van der Waals surface area contributed by atoms with Crippen molar-refractivity contribution in [3.05, 3.63) is 70.0 Å². The molecule has 1 aliphatic carbocycles. The van der Waals surface area contributed by atoms with E-state index in [0.29, 0.717) is 24.5 Å². The third-order valence-electron chi connectivity index (χ3n) is 6.57. The number of aromatic nitrogens is 3.